The van der Waals surface area contributed by atoms with Crippen LogP contribution in [-0.4, -0.2) is 52.2 Å². The van der Waals surface area contributed by atoms with E-state index in [-0.39, 0.29) is 25.0 Å². The van der Waals surface area contributed by atoms with E-state index in [1.54, 1.807) is 0 Å². The van der Waals surface area contributed by atoms with Crippen molar-refractivity contribution in [3.8, 4) is 11.8 Å². The lowest BCUT2D eigenvalue weighted by atomic mass is 10.0. The van der Waals surface area contributed by atoms with E-state index in [0.29, 0.717) is 11.8 Å². The first-order chi connectivity index (χ1) is 10.0. The number of ether oxygens (including phenoxy) is 2. The Morgan fingerprint density at radius 2 is 2.05 bits per heavy atom. The summed E-state index contributed by atoms with van der Waals surface area (Å²) < 4.78 is 55.2. The summed E-state index contributed by atoms with van der Waals surface area (Å²) in [6, 6.07) is 0. The first kappa shape index (κ1) is 14.8. The normalized spacial score (nSPS) is 28.0. The molecule has 21 heavy (non-hydrogen) atoms. The van der Waals surface area contributed by atoms with E-state index in [0.717, 1.165) is 37.8 Å². The highest BCUT2D eigenvalue weighted by atomic mass is 32.1. The highest BCUT2D eigenvalue weighted by Gasteiger charge is 2.40. The Hall–Kier alpha value is -1.09. The Balaban J connectivity index is 1.48. The van der Waals surface area contributed by atoms with Crippen molar-refractivity contribution in [1.29, 1.82) is 0 Å². The van der Waals surface area contributed by atoms with Crippen LogP contribution in [0.1, 0.15) is 19.3 Å². The van der Waals surface area contributed by atoms with Gasteiger partial charge in [-0.1, -0.05) is 0 Å². The Labute approximate surface area is 124 Å². The van der Waals surface area contributed by atoms with Gasteiger partial charge < -0.3 is 9.47 Å². The minimum Gasteiger partial charge on any atom is -0.473 e. The summed E-state index contributed by atoms with van der Waals surface area (Å²) in [6.07, 6.45) is -3.91. The van der Waals surface area contributed by atoms with Gasteiger partial charge in [-0.15, -0.1) is 8.75 Å². The van der Waals surface area contributed by atoms with Gasteiger partial charge >= 0.3 is 6.18 Å². The monoisotopic (exact) mass is 323 g/mol. The summed E-state index contributed by atoms with van der Waals surface area (Å²) in [4.78, 5) is 2.33. The van der Waals surface area contributed by atoms with Gasteiger partial charge in [0.2, 0.25) is 0 Å². The average molecular weight is 323 g/mol. The number of piperidine rings is 1. The van der Waals surface area contributed by atoms with Crippen LogP contribution in [0.2, 0.25) is 0 Å². The Morgan fingerprint density at radius 3 is 2.71 bits per heavy atom. The predicted octanol–water partition coefficient (Wildman–Crippen LogP) is 2.34. The molecule has 0 radical (unpaired) electrons. The predicted molar refractivity (Wildman–Crippen MR) is 69.7 cm³/mol. The second-order valence-corrected chi connectivity index (χ2v) is 5.93. The summed E-state index contributed by atoms with van der Waals surface area (Å²) >= 11 is 0.947. The molecule has 2 fully saturated rings. The number of alkyl halides is 3. The maximum atomic E-state index is 12.0. The van der Waals surface area contributed by atoms with Gasteiger partial charge in [0.15, 0.2) is 0 Å². The smallest absolute Gasteiger partial charge is 0.389 e. The van der Waals surface area contributed by atoms with Gasteiger partial charge in [0.1, 0.15) is 6.10 Å². The molecule has 0 aromatic carbocycles. The Bertz CT molecular complexity index is 483. The van der Waals surface area contributed by atoms with E-state index in [1.165, 1.54) is 0 Å². The van der Waals surface area contributed by atoms with Crippen molar-refractivity contribution in [2.24, 2.45) is 5.92 Å². The van der Waals surface area contributed by atoms with Crippen LogP contribution in [0.5, 0.6) is 11.8 Å². The molecule has 2 saturated heterocycles. The van der Waals surface area contributed by atoms with Gasteiger partial charge in [-0.3, -0.25) is 4.90 Å². The fourth-order valence-electron chi connectivity index (χ4n) is 2.79. The molecule has 0 spiro atoms. The second kappa shape index (κ2) is 5.96. The Kier molecular flexibility index (Phi) is 4.21. The van der Waals surface area contributed by atoms with E-state index >= 15 is 0 Å². The summed E-state index contributed by atoms with van der Waals surface area (Å²) in [7, 11) is 0. The number of hydrogen-bond acceptors (Lipinski definition) is 6. The largest absolute Gasteiger partial charge is 0.473 e. The van der Waals surface area contributed by atoms with Crippen LogP contribution in [0.4, 0.5) is 13.2 Å². The van der Waals surface area contributed by atoms with Crippen molar-refractivity contribution >= 4 is 11.7 Å². The highest BCUT2D eigenvalue weighted by Crippen LogP contribution is 2.33. The molecule has 2 aliphatic heterocycles. The molecule has 5 nitrogen and oxygen atoms in total. The van der Waals surface area contributed by atoms with Gasteiger partial charge in [0.25, 0.3) is 11.8 Å². The third-order valence-electron chi connectivity index (χ3n) is 3.81. The molecule has 3 unspecified atom stereocenters. The quantitative estimate of drug-likeness (QED) is 0.752. The van der Waals surface area contributed by atoms with Crippen molar-refractivity contribution in [2.75, 3.05) is 26.2 Å². The molecule has 3 rings (SSSR count). The number of nitrogens with zero attached hydrogens (tertiary/aromatic N) is 3. The number of rotatable bonds is 6. The number of fused-ring (bicyclic) bond motifs is 2. The summed E-state index contributed by atoms with van der Waals surface area (Å²) in [5, 5.41) is 0. The lowest BCUT2D eigenvalue weighted by molar-refractivity contribution is -0.136. The Morgan fingerprint density at radius 1 is 1.24 bits per heavy atom. The van der Waals surface area contributed by atoms with Crippen LogP contribution in [0.25, 0.3) is 0 Å². The molecule has 3 heterocycles. The zero-order chi connectivity index (χ0) is 14.9. The third kappa shape index (κ3) is 3.76. The molecule has 0 amide bonds. The minimum absolute atomic E-state index is 0.0402. The number of halogens is 3. The lowest BCUT2D eigenvalue weighted by Crippen LogP contribution is -2.32. The molecule has 9 heteroatoms. The van der Waals surface area contributed by atoms with E-state index in [1.807, 2.05) is 0 Å². The summed E-state index contributed by atoms with van der Waals surface area (Å²) in [5.41, 5.74) is 0. The minimum atomic E-state index is -4.15. The summed E-state index contributed by atoms with van der Waals surface area (Å²) in [6.45, 7) is 2.99. The topological polar surface area (TPSA) is 47.5 Å². The van der Waals surface area contributed by atoms with Gasteiger partial charge in [0.05, 0.1) is 18.3 Å². The maximum absolute atomic E-state index is 12.0. The van der Waals surface area contributed by atoms with Crippen molar-refractivity contribution < 1.29 is 22.6 Å². The number of hydrogen-bond donors (Lipinski definition) is 0. The standard InChI is InChI=1S/C12H16F3N3O2S/c13-12(14,15)3-1-5-19-10-11(17-21-16-10)20-9-7-18-4-2-8(9)6-18/h8-9H,1-7H2. The van der Waals surface area contributed by atoms with Crippen LogP contribution in [-0.2, 0) is 0 Å². The van der Waals surface area contributed by atoms with Crippen LogP contribution < -0.4 is 9.47 Å². The maximum Gasteiger partial charge on any atom is 0.389 e. The molecule has 1 aromatic rings. The molecule has 2 aliphatic rings. The molecule has 0 saturated carbocycles. The van der Waals surface area contributed by atoms with Crippen molar-refractivity contribution in [3.63, 3.8) is 0 Å². The molecule has 0 N–H and O–H groups in total. The fraction of sp³-hybridized carbons (Fsp3) is 0.833. The first-order valence-corrected chi connectivity index (χ1v) is 7.65. The van der Waals surface area contributed by atoms with Crippen molar-refractivity contribution in [3.05, 3.63) is 0 Å². The molecule has 0 aliphatic carbocycles. The molecule has 118 valence electrons. The number of aromatic nitrogens is 2. The van der Waals surface area contributed by atoms with Crippen LogP contribution in [0.3, 0.4) is 0 Å². The van der Waals surface area contributed by atoms with E-state index in [4.69, 9.17) is 9.47 Å². The van der Waals surface area contributed by atoms with Gasteiger partial charge in [-0.25, -0.2) is 0 Å². The van der Waals surface area contributed by atoms with Crippen LogP contribution in [0, 0.1) is 5.92 Å². The van der Waals surface area contributed by atoms with Crippen molar-refractivity contribution in [1.82, 2.24) is 13.6 Å². The molecule has 2 bridgehead atoms. The van der Waals surface area contributed by atoms with E-state index in [9.17, 15) is 13.2 Å². The zero-order valence-corrected chi connectivity index (χ0v) is 12.1. The lowest BCUT2D eigenvalue weighted by Gasteiger charge is -2.22. The SMILES string of the molecule is FC(F)(F)CCCOc1nsnc1OC1CN2CCC1C2. The van der Waals surface area contributed by atoms with Crippen LogP contribution in [0.15, 0.2) is 0 Å². The van der Waals surface area contributed by atoms with Crippen molar-refractivity contribution in [2.45, 2.75) is 31.5 Å². The first-order valence-electron chi connectivity index (χ1n) is 6.92. The zero-order valence-electron chi connectivity index (χ0n) is 11.3. The highest BCUT2D eigenvalue weighted by molar-refractivity contribution is 6.99. The van der Waals surface area contributed by atoms with Gasteiger partial charge in [-0.2, -0.15) is 13.2 Å². The fourth-order valence-corrected chi connectivity index (χ4v) is 3.23. The third-order valence-corrected chi connectivity index (χ3v) is 4.30. The molecular formula is C12H16F3N3O2S. The van der Waals surface area contributed by atoms with Gasteiger partial charge in [0, 0.05) is 25.4 Å². The van der Waals surface area contributed by atoms with E-state index in [2.05, 4.69) is 13.6 Å². The van der Waals surface area contributed by atoms with Gasteiger partial charge in [-0.05, 0) is 19.4 Å². The molecular weight excluding hydrogens is 307 g/mol. The second-order valence-electron chi connectivity index (χ2n) is 5.41. The van der Waals surface area contributed by atoms with Crippen LogP contribution >= 0.6 is 11.7 Å². The molecule has 3 atom stereocenters. The molecule has 1 aromatic heterocycles. The van der Waals surface area contributed by atoms with E-state index < -0.39 is 12.6 Å². The summed E-state index contributed by atoms with van der Waals surface area (Å²) in [5.74, 6) is 1.02. The average Bonchev–Trinajstić information content (AvgIpc) is 3.10.